The summed E-state index contributed by atoms with van der Waals surface area (Å²) < 4.78 is 0. The monoisotopic (exact) mass is 284 g/mol. The Morgan fingerprint density at radius 3 is 2.80 bits per heavy atom. The summed E-state index contributed by atoms with van der Waals surface area (Å²) in [6.45, 7) is 2.92. The molecule has 2 N–H and O–H groups in total. The Morgan fingerprint density at radius 1 is 1.15 bits per heavy atom. The summed E-state index contributed by atoms with van der Waals surface area (Å²) in [6, 6.07) is 11.6. The van der Waals surface area contributed by atoms with Gasteiger partial charge in [0.15, 0.2) is 0 Å². The molecule has 4 heteroatoms. The van der Waals surface area contributed by atoms with Gasteiger partial charge in [0.05, 0.1) is 6.54 Å². The second-order valence-corrected chi connectivity index (χ2v) is 5.89. The first-order chi connectivity index (χ1) is 9.76. The Hall–Kier alpha value is -2.07. The van der Waals surface area contributed by atoms with Crippen LogP contribution in [-0.4, -0.2) is 10.1 Å². The van der Waals surface area contributed by atoms with Crippen molar-refractivity contribution in [3.05, 3.63) is 52.3 Å². The number of aryl methyl sites for hydroxylation is 1. The Bertz CT molecular complexity index is 736. The lowest BCUT2D eigenvalue weighted by atomic mass is 10.1. The largest absolute Gasteiger partial charge is 0.508 e. The first-order valence-corrected chi connectivity index (χ1v) is 7.47. The molecule has 0 bridgehead atoms. The third kappa shape index (κ3) is 2.60. The number of benzene rings is 1. The SMILES string of the molecule is CCc1ccc(CNc2nccc3ccc(O)cc23)s1. The number of thiophene rings is 1. The first-order valence-electron chi connectivity index (χ1n) is 6.65. The average Bonchev–Trinajstić information content (AvgIpc) is 2.93. The van der Waals surface area contributed by atoms with E-state index in [0.29, 0.717) is 0 Å². The topological polar surface area (TPSA) is 45.2 Å². The highest BCUT2D eigenvalue weighted by atomic mass is 32.1. The van der Waals surface area contributed by atoms with Crippen molar-refractivity contribution in [3.8, 4) is 5.75 Å². The Kier molecular flexibility index (Phi) is 3.56. The van der Waals surface area contributed by atoms with Gasteiger partial charge in [-0.15, -0.1) is 11.3 Å². The maximum absolute atomic E-state index is 9.62. The van der Waals surface area contributed by atoms with E-state index >= 15 is 0 Å². The molecule has 2 aromatic heterocycles. The van der Waals surface area contributed by atoms with Crippen LogP contribution in [0, 0.1) is 0 Å². The second-order valence-electron chi connectivity index (χ2n) is 4.64. The zero-order valence-electron chi connectivity index (χ0n) is 11.3. The minimum absolute atomic E-state index is 0.262. The van der Waals surface area contributed by atoms with Crippen molar-refractivity contribution in [2.24, 2.45) is 0 Å². The molecule has 3 nitrogen and oxygen atoms in total. The van der Waals surface area contributed by atoms with Crippen molar-refractivity contribution in [3.63, 3.8) is 0 Å². The molecular formula is C16H16N2OS. The van der Waals surface area contributed by atoms with Gasteiger partial charge in [-0.25, -0.2) is 4.98 Å². The van der Waals surface area contributed by atoms with Gasteiger partial charge in [-0.1, -0.05) is 13.0 Å². The minimum atomic E-state index is 0.262. The molecule has 0 radical (unpaired) electrons. The zero-order valence-corrected chi connectivity index (χ0v) is 12.1. The number of phenolic OH excluding ortho intramolecular Hbond substituents is 1. The van der Waals surface area contributed by atoms with Gasteiger partial charge in [0.25, 0.3) is 0 Å². The first kappa shape index (κ1) is 12.9. The van der Waals surface area contributed by atoms with Gasteiger partial charge in [-0.05, 0) is 42.1 Å². The van der Waals surface area contributed by atoms with Crippen molar-refractivity contribution < 1.29 is 5.11 Å². The third-order valence-corrected chi connectivity index (χ3v) is 4.48. The van der Waals surface area contributed by atoms with Gasteiger partial charge in [0.2, 0.25) is 0 Å². The van der Waals surface area contributed by atoms with Crippen molar-refractivity contribution >= 4 is 27.9 Å². The number of anilines is 1. The van der Waals surface area contributed by atoms with Crippen LogP contribution in [0.3, 0.4) is 0 Å². The van der Waals surface area contributed by atoms with Crippen LogP contribution in [0.4, 0.5) is 5.82 Å². The lowest BCUT2D eigenvalue weighted by Crippen LogP contribution is -2.00. The Labute approximate surface area is 121 Å². The maximum atomic E-state index is 9.62. The van der Waals surface area contributed by atoms with Crippen LogP contribution in [0.1, 0.15) is 16.7 Å². The summed E-state index contributed by atoms with van der Waals surface area (Å²) >= 11 is 1.82. The Balaban J connectivity index is 1.85. The summed E-state index contributed by atoms with van der Waals surface area (Å²) in [5.41, 5.74) is 0. The molecule has 102 valence electrons. The fourth-order valence-corrected chi connectivity index (χ4v) is 3.07. The third-order valence-electron chi connectivity index (χ3n) is 3.25. The highest BCUT2D eigenvalue weighted by molar-refractivity contribution is 7.12. The summed E-state index contributed by atoms with van der Waals surface area (Å²) in [5.74, 6) is 1.07. The molecule has 0 unspecified atom stereocenters. The van der Waals surface area contributed by atoms with Gasteiger partial charge in [0.1, 0.15) is 11.6 Å². The molecule has 3 rings (SSSR count). The number of fused-ring (bicyclic) bond motifs is 1. The number of aromatic nitrogens is 1. The lowest BCUT2D eigenvalue weighted by molar-refractivity contribution is 0.476. The van der Waals surface area contributed by atoms with Crippen molar-refractivity contribution in [1.29, 1.82) is 0 Å². The molecule has 0 saturated carbocycles. The number of nitrogens with one attached hydrogen (secondary N) is 1. The van der Waals surface area contributed by atoms with E-state index in [1.807, 2.05) is 23.5 Å². The number of nitrogens with zero attached hydrogens (tertiary/aromatic N) is 1. The van der Waals surface area contributed by atoms with Gasteiger partial charge in [0, 0.05) is 21.3 Å². The number of phenols is 1. The Morgan fingerprint density at radius 2 is 2.00 bits per heavy atom. The fourth-order valence-electron chi connectivity index (χ4n) is 2.18. The zero-order chi connectivity index (χ0) is 13.9. The van der Waals surface area contributed by atoms with Crippen molar-refractivity contribution in [2.75, 3.05) is 5.32 Å². The van der Waals surface area contributed by atoms with E-state index in [1.54, 1.807) is 18.3 Å². The molecule has 0 spiro atoms. The van der Waals surface area contributed by atoms with E-state index in [4.69, 9.17) is 0 Å². The van der Waals surface area contributed by atoms with Gasteiger partial charge < -0.3 is 10.4 Å². The van der Waals surface area contributed by atoms with E-state index in [9.17, 15) is 5.11 Å². The van der Waals surface area contributed by atoms with E-state index in [-0.39, 0.29) is 5.75 Å². The van der Waals surface area contributed by atoms with Crippen molar-refractivity contribution in [2.45, 2.75) is 19.9 Å². The van der Waals surface area contributed by atoms with Crippen LogP contribution in [0.5, 0.6) is 5.75 Å². The molecule has 1 aromatic carbocycles. The molecule has 0 aliphatic rings. The van der Waals surface area contributed by atoms with Crippen LogP contribution in [0.25, 0.3) is 10.8 Å². The summed E-state index contributed by atoms with van der Waals surface area (Å²) in [5, 5.41) is 15.0. The van der Waals surface area contributed by atoms with Crippen LogP contribution in [0.15, 0.2) is 42.6 Å². The highest BCUT2D eigenvalue weighted by Crippen LogP contribution is 2.26. The normalized spacial score (nSPS) is 10.8. The molecule has 20 heavy (non-hydrogen) atoms. The quantitative estimate of drug-likeness (QED) is 0.755. The molecule has 0 aliphatic heterocycles. The highest BCUT2D eigenvalue weighted by Gasteiger charge is 2.04. The van der Waals surface area contributed by atoms with Crippen LogP contribution < -0.4 is 5.32 Å². The minimum Gasteiger partial charge on any atom is -0.508 e. The second kappa shape index (κ2) is 5.51. The molecule has 0 atom stereocenters. The lowest BCUT2D eigenvalue weighted by Gasteiger charge is -2.08. The van der Waals surface area contributed by atoms with E-state index in [1.165, 1.54) is 9.75 Å². The number of hydrogen-bond donors (Lipinski definition) is 2. The number of hydrogen-bond acceptors (Lipinski definition) is 4. The van der Waals surface area contributed by atoms with E-state index in [2.05, 4.69) is 29.4 Å². The molecule has 2 heterocycles. The predicted octanol–water partition coefficient (Wildman–Crippen LogP) is 4.18. The smallest absolute Gasteiger partial charge is 0.134 e. The van der Waals surface area contributed by atoms with Gasteiger partial charge in [-0.2, -0.15) is 0 Å². The maximum Gasteiger partial charge on any atom is 0.134 e. The summed E-state index contributed by atoms with van der Waals surface area (Å²) in [6.07, 6.45) is 2.86. The number of aromatic hydroxyl groups is 1. The predicted molar refractivity (Wildman–Crippen MR) is 84.4 cm³/mol. The van der Waals surface area contributed by atoms with Crippen LogP contribution in [-0.2, 0) is 13.0 Å². The molecular weight excluding hydrogens is 268 g/mol. The number of pyridine rings is 1. The van der Waals surface area contributed by atoms with Crippen LogP contribution >= 0.6 is 11.3 Å². The van der Waals surface area contributed by atoms with Crippen molar-refractivity contribution in [1.82, 2.24) is 4.98 Å². The van der Waals surface area contributed by atoms with Gasteiger partial charge >= 0.3 is 0 Å². The molecule has 0 aliphatic carbocycles. The van der Waals surface area contributed by atoms with Gasteiger partial charge in [-0.3, -0.25) is 0 Å². The molecule has 0 fully saturated rings. The summed E-state index contributed by atoms with van der Waals surface area (Å²) in [4.78, 5) is 7.06. The fraction of sp³-hybridized carbons (Fsp3) is 0.188. The molecule has 0 saturated heterocycles. The van der Waals surface area contributed by atoms with E-state index < -0.39 is 0 Å². The average molecular weight is 284 g/mol. The van der Waals surface area contributed by atoms with Crippen LogP contribution in [0.2, 0.25) is 0 Å². The number of rotatable bonds is 4. The summed E-state index contributed by atoms with van der Waals surface area (Å²) in [7, 11) is 0. The molecule has 3 aromatic rings. The standard InChI is InChI=1S/C16H16N2OS/c1-2-13-5-6-14(20-13)10-18-16-15-9-12(19)4-3-11(15)7-8-17-16/h3-9,19H,2,10H2,1H3,(H,17,18). The van der Waals surface area contributed by atoms with E-state index in [0.717, 1.165) is 29.6 Å². The molecule has 0 amide bonds.